The van der Waals surface area contributed by atoms with E-state index in [2.05, 4.69) is 186 Å². The molecule has 0 fully saturated rings. The van der Waals surface area contributed by atoms with Crippen molar-refractivity contribution in [3.63, 3.8) is 0 Å². The molecular weight excluding hydrogens is 737 g/mol. The summed E-state index contributed by atoms with van der Waals surface area (Å²) in [5, 5.41) is 9.29. The van der Waals surface area contributed by atoms with Crippen molar-refractivity contribution in [1.29, 1.82) is 0 Å². The average Bonchev–Trinajstić information content (AvgIpc) is 3.84. The third kappa shape index (κ3) is 5.28. The van der Waals surface area contributed by atoms with Crippen LogP contribution in [-0.2, 0) is 19.3 Å². The van der Waals surface area contributed by atoms with Crippen molar-refractivity contribution in [2.45, 2.75) is 44.9 Å². The highest BCUT2D eigenvalue weighted by molar-refractivity contribution is 6.25. The zero-order chi connectivity index (χ0) is 40.2. The first-order valence-electron chi connectivity index (χ1n) is 22.3. The molecule has 2 heteroatoms. The summed E-state index contributed by atoms with van der Waals surface area (Å²) < 4.78 is 5.26. The van der Waals surface area contributed by atoms with Crippen molar-refractivity contribution in [2.24, 2.45) is 11.8 Å². The number of para-hydroxylation sites is 2. The molecule has 5 aliphatic rings. The van der Waals surface area contributed by atoms with Gasteiger partial charge in [0, 0.05) is 51.1 Å². The van der Waals surface area contributed by atoms with Crippen LogP contribution >= 0.6 is 0 Å². The van der Waals surface area contributed by atoms with E-state index in [4.69, 9.17) is 0 Å². The van der Waals surface area contributed by atoms with Gasteiger partial charge in [-0.1, -0.05) is 151 Å². The minimum atomic E-state index is 0.381. The predicted octanol–water partition coefficient (Wildman–Crippen LogP) is 14.9. The Morgan fingerprint density at radius 2 is 1.23 bits per heavy atom. The largest absolute Gasteiger partial charge is 0.317 e. The second-order valence-corrected chi connectivity index (χ2v) is 17.8. The number of aromatic nitrogens is 2. The molecule has 5 aliphatic carbocycles. The highest BCUT2D eigenvalue weighted by Gasteiger charge is 2.35. The molecule has 2 nitrogen and oxygen atoms in total. The molecular formula is C59H46N2. The van der Waals surface area contributed by atoms with Crippen LogP contribution < -0.4 is 0 Å². The van der Waals surface area contributed by atoms with Crippen molar-refractivity contribution in [3.8, 4) is 22.6 Å². The molecule has 2 unspecified atom stereocenters. The van der Waals surface area contributed by atoms with E-state index in [1.54, 1.807) is 5.57 Å². The molecule has 61 heavy (non-hydrogen) atoms. The van der Waals surface area contributed by atoms with Crippen molar-refractivity contribution in [1.82, 2.24) is 9.13 Å². The molecule has 2 atom stereocenters. The Balaban J connectivity index is 1.02. The fraction of sp³-hybridized carbons (Fsp3) is 0.153. The summed E-state index contributed by atoms with van der Waals surface area (Å²) in [5.74, 6) is 0.822. The molecule has 2 aromatic heterocycles. The third-order valence-corrected chi connectivity index (χ3v) is 14.6. The second kappa shape index (κ2) is 13.6. The summed E-state index contributed by atoms with van der Waals surface area (Å²) in [6.45, 7) is 4.53. The van der Waals surface area contributed by atoms with Gasteiger partial charge in [-0.15, -0.1) is 0 Å². The first-order valence-corrected chi connectivity index (χ1v) is 22.3. The van der Waals surface area contributed by atoms with Crippen LogP contribution in [0, 0.1) is 11.8 Å². The third-order valence-electron chi connectivity index (χ3n) is 14.6. The van der Waals surface area contributed by atoms with Gasteiger partial charge in [0.25, 0.3) is 0 Å². The van der Waals surface area contributed by atoms with Gasteiger partial charge in [-0.3, -0.25) is 0 Å². The van der Waals surface area contributed by atoms with Crippen LogP contribution in [0.3, 0.4) is 0 Å². The van der Waals surface area contributed by atoms with Gasteiger partial charge in [-0.05, 0) is 136 Å². The lowest BCUT2D eigenvalue weighted by molar-refractivity contribution is 0.624. The molecule has 6 aromatic carbocycles. The lowest BCUT2D eigenvalue weighted by Gasteiger charge is -2.32. The van der Waals surface area contributed by atoms with E-state index < -0.39 is 0 Å². The lowest BCUT2D eigenvalue weighted by atomic mass is 9.73. The van der Waals surface area contributed by atoms with Gasteiger partial charge in [-0.25, -0.2) is 0 Å². The van der Waals surface area contributed by atoms with Crippen LogP contribution in [-0.4, -0.2) is 9.13 Å². The summed E-state index contributed by atoms with van der Waals surface area (Å²) in [6, 6.07) is 45.3. The molecule has 0 amide bonds. The van der Waals surface area contributed by atoms with E-state index in [-0.39, 0.29) is 0 Å². The fourth-order valence-electron chi connectivity index (χ4n) is 11.9. The number of allylic oxidation sites excluding steroid dienone is 12. The van der Waals surface area contributed by atoms with E-state index in [0.717, 1.165) is 44.9 Å². The summed E-state index contributed by atoms with van der Waals surface area (Å²) in [4.78, 5) is 0. The number of hydrogen-bond donors (Lipinski definition) is 0. The zero-order valence-electron chi connectivity index (χ0n) is 34.4. The number of fused-ring (bicyclic) bond motifs is 14. The Bertz CT molecular complexity index is 3370. The highest BCUT2D eigenvalue weighted by atomic mass is 15.0. The molecule has 0 radical (unpaired) electrons. The molecule has 2 heterocycles. The molecule has 0 saturated heterocycles. The Hall–Kier alpha value is -6.90. The highest BCUT2D eigenvalue weighted by Crippen LogP contribution is 2.50. The first-order chi connectivity index (χ1) is 30.2. The number of rotatable bonds is 4. The smallest absolute Gasteiger partial charge is 0.0597 e. The Kier molecular flexibility index (Phi) is 7.76. The number of nitrogens with zero attached hydrogens (tertiary/aromatic N) is 2. The first kappa shape index (κ1) is 34.9. The summed E-state index contributed by atoms with van der Waals surface area (Å²) in [7, 11) is 0. The van der Waals surface area contributed by atoms with Crippen LogP contribution in [0.15, 0.2) is 198 Å². The number of benzene rings is 6. The molecule has 0 spiro atoms. The molecule has 0 bridgehead atoms. The van der Waals surface area contributed by atoms with Gasteiger partial charge in [0.1, 0.15) is 0 Å². The fourth-order valence-corrected chi connectivity index (χ4v) is 11.9. The van der Waals surface area contributed by atoms with Crippen LogP contribution in [0.5, 0.6) is 0 Å². The zero-order valence-corrected chi connectivity index (χ0v) is 34.4. The second-order valence-electron chi connectivity index (χ2n) is 17.8. The van der Waals surface area contributed by atoms with E-state index in [1.165, 1.54) is 111 Å². The molecule has 0 saturated carbocycles. The molecule has 0 aliphatic heterocycles. The summed E-state index contributed by atoms with van der Waals surface area (Å²) in [5.41, 5.74) is 19.6. The van der Waals surface area contributed by atoms with Crippen LogP contribution in [0.2, 0.25) is 0 Å². The number of hydrogen-bond acceptors (Lipinski definition) is 0. The van der Waals surface area contributed by atoms with Crippen molar-refractivity contribution in [3.05, 3.63) is 221 Å². The van der Waals surface area contributed by atoms with E-state index in [9.17, 15) is 0 Å². The maximum Gasteiger partial charge on any atom is 0.0597 e. The minimum absolute atomic E-state index is 0.381. The summed E-state index contributed by atoms with van der Waals surface area (Å²) >= 11 is 0. The molecule has 8 aromatic rings. The standard InChI is InChI=1S/C59H46N2/c1-37-33-42(34-41-13-5-6-16-45(37)41)39-25-23-38(24-26-39)40-27-31-56-54(35-40)58-57(32-30-52-51-21-11-12-22-55(51)61(59(52)58)43-14-3-2-4-15-43)60(56)44-28-29-50-48-19-8-7-17-46(48)47-18-9-10-20-49(47)53(50)36-44/h2-23,25,28-29,34-36,42,45H,1,24,26-27,30-33H2. The quantitative estimate of drug-likeness (QED) is 0.124. The topological polar surface area (TPSA) is 9.86 Å². The Morgan fingerprint density at radius 3 is 2.00 bits per heavy atom. The molecule has 292 valence electrons. The van der Waals surface area contributed by atoms with Crippen molar-refractivity contribution >= 4 is 49.3 Å². The van der Waals surface area contributed by atoms with E-state index >= 15 is 0 Å². The summed E-state index contributed by atoms with van der Waals surface area (Å²) in [6.07, 6.45) is 26.3. The van der Waals surface area contributed by atoms with Gasteiger partial charge in [0.2, 0.25) is 0 Å². The molecule has 13 rings (SSSR count). The van der Waals surface area contributed by atoms with Crippen molar-refractivity contribution < 1.29 is 0 Å². The maximum absolute atomic E-state index is 4.53. The maximum atomic E-state index is 4.53. The molecule has 0 N–H and O–H groups in total. The van der Waals surface area contributed by atoms with E-state index in [0.29, 0.717) is 11.8 Å². The lowest BCUT2D eigenvalue weighted by Crippen LogP contribution is -2.18. The minimum Gasteiger partial charge on any atom is -0.317 e. The van der Waals surface area contributed by atoms with Crippen LogP contribution in [0.25, 0.3) is 71.9 Å². The van der Waals surface area contributed by atoms with Crippen LogP contribution in [0.1, 0.15) is 48.2 Å². The normalized spacial score (nSPS) is 19.3. The Labute approximate surface area is 357 Å². The van der Waals surface area contributed by atoms with Gasteiger partial charge in [0.15, 0.2) is 0 Å². The van der Waals surface area contributed by atoms with Gasteiger partial charge in [-0.2, -0.15) is 0 Å². The van der Waals surface area contributed by atoms with Crippen LogP contribution in [0.4, 0.5) is 0 Å². The average molecular weight is 783 g/mol. The Morgan fingerprint density at radius 1 is 0.541 bits per heavy atom. The van der Waals surface area contributed by atoms with Gasteiger partial charge < -0.3 is 9.13 Å². The van der Waals surface area contributed by atoms with Gasteiger partial charge in [0.05, 0.1) is 11.2 Å². The SMILES string of the molecule is C=C1CC(C2=CC=C(C3=Cc4c5c(n(-c6ccc7c8ccccc8c8ccccc8c7c6)c4CC3)CCc3c-5n(-c4ccccc4)c4ccccc34)CC2)C=C2C=CC=CC12. The monoisotopic (exact) mass is 782 g/mol. The predicted molar refractivity (Wildman–Crippen MR) is 257 cm³/mol. The van der Waals surface area contributed by atoms with Crippen molar-refractivity contribution in [2.75, 3.05) is 0 Å². The van der Waals surface area contributed by atoms with Gasteiger partial charge >= 0.3 is 0 Å². The number of aryl methyl sites for hydroxylation is 1. The van der Waals surface area contributed by atoms with E-state index in [1.807, 2.05) is 0 Å².